The van der Waals surface area contributed by atoms with Crippen LogP contribution in [0.5, 0.6) is 0 Å². The number of carbonyl (C=O) groups is 1. The fourth-order valence-corrected chi connectivity index (χ4v) is 3.95. The quantitative estimate of drug-likeness (QED) is 0.857. The molecule has 1 saturated carbocycles. The topological polar surface area (TPSA) is 23.6 Å². The van der Waals surface area contributed by atoms with Crippen LogP contribution in [-0.2, 0) is 11.2 Å². The van der Waals surface area contributed by atoms with E-state index in [2.05, 4.69) is 16.7 Å². The van der Waals surface area contributed by atoms with E-state index in [-0.39, 0.29) is 5.91 Å². The molecule has 1 amide bonds. The molecule has 0 radical (unpaired) electrons. The van der Waals surface area contributed by atoms with Gasteiger partial charge in [0.2, 0.25) is 5.91 Å². The number of piperazine rings is 1. The van der Waals surface area contributed by atoms with Gasteiger partial charge >= 0.3 is 0 Å². The predicted octanol–water partition coefficient (Wildman–Crippen LogP) is 2.95. The Morgan fingerprint density at radius 1 is 1.09 bits per heavy atom. The minimum atomic E-state index is 0.280. The van der Waals surface area contributed by atoms with Crippen molar-refractivity contribution in [3.63, 3.8) is 0 Å². The van der Waals surface area contributed by atoms with Crippen molar-refractivity contribution in [3.05, 3.63) is 35.9 Å². The number of rotatable bonds is 3. The van der Waals surface area contributed by atoms with Crippen LogP contribution in [0.3, 0.4) is 0 Å². The molecule has 2 aliphatic rings. The number of hydrogen-bond donors (Lipinski definition) is 0. The van der Waals surface area contributed by atoms with Crippen molar-refractivity contribution in [1.82, 2.24) is 9.80 Å². The second-order valence-electron chi connectivity index (χ2n) is 7.00. The molecule has 0 spiro atoms. The maximum atomic E-state index is 12.4. The zero-order chi connectivity index (χ0) is 15.4. The van der Waals surface area contributed by atoms with E-state index in [1.54, 1.807) is 0 Å². The number of benzene rings is 1. The Hall–Kier alpha value is -1.35. The maximum Gasteiger partial charge on any atom is 0.227 e. The average Bonchev–Trinajstić information content (AvgIpc) is 2.56. The summed E-state index contributed by atoms with van der Waals surface area (Å²) in [6, 6.07) is 10.8. The first-order chi connectivity index (χ1) is 10.7. The van der Waals surface area contributed by atoms with E-state index in [0.29, 0.717) is 6.42 Å². The third-order valence-electron chi connectivity index (χ3n) is 5.29. The summed E-state index contributed by atoms with van der Waals surface area (Å²) in [6.07, 6.45) is 6.01. The molecule has 0 N–H and O–H groups in total. The molecule has 1 aliphatic heterocycles. The lowest BCUT2D eigenvalue weighted by molar-refractivity contribution is -0.132. The highest BCUT2D eigenvalue weighted by molar-refractivity contribution is 5.78. The van der Waals surface area contributed by atoms with Gasteiger partial charge in [-0.15, -0.1) is 0 Å². The van der Waals surface area contributed by atoms with Crippen molar-refractivity contribution >= 4 is 5.91 Å². The van der Waals surface area contributed by atoms with E-state index < -0.39 is 0 Å². The molecule has 2 atom stereocenters. The van der Waals surface area contributed by atoms with Gasteiger partial charge < -0.3 is 4.90 Å². The van der Waals surface area contributed by atoms with Crippen LogP contribution in [0.2, 0.25) is 0 Å². The maximum absolute atomic E-state index is 12.4. The van der Waals surface area contributed by atoms with Crippen molar-refractivity contribution < 1.29 is 4.79 Å². The second kappa shape index (κ2) is 7.28. The van der Waals surface area contributed by atoms with Crippen LogP contribution in [0.1, 0.15) is 38.2 Å². The Balaban J connectivity index is 1.48. The molecule has 2 fully saturated rings. The van der Waals surface area contributed by atoms with Crippen molar-refractivity contribution in [1.29, 1.82) is 0 Å². The second-order valence-corrected chi connectivity index (χ2v) is 7.00. The van der Waals surface area contributed by atoms with E-state index >= 15 is 0 Å². The van der Waals surface area contributed by atoms with Gasteiger partial charge in [-0.1, -0.05) is 50.1 Å². The Morgan fingerprint density at radius 3 is 2.50 bits per heavy atom. The fraction of sp³-hybridized carbons (Fsp3) is 0.632. The Kier molecular flexibility index (Phi) is 5.14. The molecule has 1 heterocycles. The number of nitrogens with zero attached hydrogens (tertiary/aromatic N) is 2. The van der Waals surface area contributed by atoms with E-state index in [0.717, 1.165) is 43.7 Å². The molecule has 120 valence electrons. The van der Waals surface area contributed by atoms with Gasteiger partial charge in [-0.2, -0.15) is 0 Å². The first kappa shape index (κ1) is 15.5. The summed E-state index contributed by atoms with van der Waals surface area (Å²) in [7, 11) is 0. The summed E-state index contributed by atoms with van der Waals surface area (Å²) in [6.45, 7) is 6.29. The smallest absolute Gasteiger partial charge is 0.227 e. The summed E-state index contributed by atoms with van der Waals surface area (Å²) in [4.78, 5) is 17.1. The van der Waals surface area contributed by atoms with Crippen molar-refractivity contribution in [2.45, 2.75) is 45.1 Å². The summed E-state index contributed by atoms with van der Waals surface area (Å²) >= 11 is 0. The van der Waals surface area contributed by atoms with Crippen LogP contribution in [0.25, 0.3) is 0 Å². The van der Waals surface area contributed by atoms with Crippen LogP contribution in [-0.4, -0.2) is 47.9 Å². The van der Waals surface area contributed by atoms with E-state index in [4.69, 9.17) is 0 Å². The highest BCUT2D eigenvalue weighted by Gasteiger charge is 2.28. The van der Waals surface area contributed by atoms with Crippen molar-refractivity contribution in [3.8, 4) is 0 Å². The SMILES string of the molecule is C[C@@H]1CCC[C@@H](N2CCN(C(=O)Cc3ccccc3)CC2)C1. The van der Waals surface area contributed by atoms with Crippen molar-refractivity contribution in [2.24, 2.45) is 5.92 Å². The van der Waals surface area contributed by atoms with Gasteiger partial charge in [-0.05, 0) is 24.3 Å². The zero-order valence-electron chi connectivity index (χ0n) is 13.7. The summed E-state index contributed by atoms with van der Waals surface area (Å²) < 4.78 is 0. The van der Waals surface area contributed by atoms with Gasteiger partial charge in [0.15, 0.2) is 0 Å². The highest BCUT2D eigenvalue weighted by atomic mass is 16.2. The van der Waals surface area contributed by atoms with Crippen LogP contribution < -0.4 is 0 Å². The van der Waals surface area contributed by atoms with Gasteiger partial charge in [-0.25, -0.2) is 0 Å². The third kappa shape index (κ3) is 3.89. The minimum Gasteiger partial charge on any atom is -0.340 e. The summed E-state index contributed by atoms with van der Waals surface area (Å²) in [5, 5.41) is 0. The Morgan fingerprint density at radius 2 is 1.82 bits per heavy atom. The van der Waals surface area contributed by atoms with E-state index in [9.17, 15) is 4.79 Å². The van der Waals surface area contributed by atoms with Crippen LogP contribution in [0.15, 0.2) is 30.3 Å². The van der Waals surface area contributed by atoms with Gasteiger partial charge in [0.25, 0.3) is 0 Å². The monoisotopic (exact) mass is 300 g/mol. The standard InChI is InChI=1S/C19H28N2O/c1-16-6-5-9-18(14-16)20-10-12-21(13-11-20)19(22)15-17-7-3-2-4-8-17/h2-4,7-8,16,18H,5-6,9-15H2,1H3/t16-,18-/m1/s1. The number of carbonyl (C=O) groups excluding carboxylic acids is 1. The number of hydrogen-bond acceptors (Lipinski definition) is 2. The molecular formula is C19H28N2O. The highest BCUT2D eigenvalue weighted by Crippen LogP contribution is 2.27. The first-order valence-electron chi connectivity index (χ1n) is 8.78. The molecule has 3 heteroatoms. The fourth-order valence-electron chi connectivity index (χ4n) is 3.95. The van der Waals surface area contributed by atoms with E-state index in [1.807, 2.05) is 30.3 Å². The predicted molar refractivity (Wildman–Crippen MR) is 89.7 cm³/mol. The molecule has 0 unspecified atom stereocenters. The van der Waals surface area contributed by atoms with Crippen molar-refractivity contribution in [2.75, 3.05) is 26.2 Å². The molecule has 1 saturated heterocycles. The molecule has 3 rings (SSSR count). The Labute approximate surface area is 134 Å². The van der Waals surface area contributed by atoms with Crippen LogP contribution >= 0.6 is 0 Å². The molecule has 0 aromatic heterocycles. The Bertz CT molecular complexity index is 479. The first-order valence-corrected chi connectivity index (χ1v) is 8.78. The van der Waals surface area contributed by atoms with Crippen LogP contribution in [0.4, 0.5) is 0 Å². The van der Waals surface area contributed by atoms with E-state index in [1.165, 1.54) is 25.7 Å². The largest absolute Gasteiger partial charge is 0.340 e. The molecule has 1 aromatic rings. The third-order valence-corrected chi connectivity index (χ3v) is 5.29. The lowest BCUT2D eigenvalue weighted by atomic mass is 9.86. The molecule has 1 aromatic carbocycles. The van der Waals surface area contributed by atoms with Gasteiger partial charge in [0.1, 0.15) is 0 Å². The summed E-state index contributed by atoms with van der Waals surface area (Å²) in [5.74, 6) is 1.15. The normalized spacial score (nSPS) is 26.9. The van der Waals surface area contributed by atoms with Gasteiger partial charge in [-0.3, -0.25) is 9.69 Å². The molecule has 1 aliphatic carbocycles. The molecule has 0 bridgehead atoms. The lowest BCUT2D eigenvalue weighted by Crippen LogP contribution is -2.53. The molecular weight excluding hydrogens is 272 g/mol. The zero-order valence-corrected chi connectivity index (χ0v) is 13.7. The van der Waals surface area contributed by atoms with Gasteiger partial charge in [0, 0.05) is 32.2 Å². The minimum absolute atomic E-state index is 0.280. The average molecular weight is 300 g/mol. The lowest BCUT2D eigenvalue weighted by Gasteiger charge is -2.42. The number of amides is 1. The molecule has 3 nitrogen and oxygen atoms in total. The van der Waals surface area contributed by atoms with Gasteiger partial charge in [0.05, 0.1) is 6.42 Å². The molecule has 22 heavy (non-hydrogen) atoms. The summed E-state index contributed by atoms with van der Waals surface area (Å²) in [5.41, 5.74) is 1.12. The van der Waals surface area contributed by atoms with Crippen LogP contribution in [0, 0.1) is 5.92 Å².